The summed E-state index contributed by atoms with van der Waals surface area (Å²) in [6.45, 7) is 1.77. The van der Waals surface area contributed by atoms with Gasteiger partial charge < -0.3 is 14.4 Å². The standard InChI is InChI=1S/C12H18BrN3O4/c1-8(14)20-11(15)7-16(2)6-10(13)9(4-5-17)12(18)19-3/h4-6,11,14H,7,15H2,1-3H3/b9-4+,10-6+,14-8?. The number of halogens is 1. The number of nitrogens with one attached hydrogen (secondary N) is 1. The van der Waals surface area contributed by atoms with E-state index in [2.05, 4.69) is 20.7 Å². The molecule has 3 N–H and O–H groups in total. The van der Waals surface area contributed by atoms with Gasteiger partial charge in [-0.3, -0.25) is 15.9 Å². The Morgan fingerprint density at radius 1 is 1.55 bits per heavy atom. The molecule has 1 atom stereocenters. The fourth-order valence-corrected chi connectivity index (χ4v) is 1.93. The van der Waals surface area contributed by atoms with Crippen LogP contribution in [0.15, 0.2) is 22.3 Å². The highest BCUT2D eigenvalue weighted by Gasteiger charge is 2.14. The summed E-state index contributed by atoms with van der Waals surface area (Å²) in [6.07, 6.45) is 2.48. The zero-order valence-electron chi connectivity index (χ0n) is 11.6. The van der Waals surface area contributed by atoms with Crippen LogP contribution in [0.25, 0.3) is 0 Å². The Hall–Kier alpha value is -1.67. The normalized spacial score (nSPS) is 13.4. The van der Waals surface area contributed by atoms with Crippen LogP contribution in [0.4, 0.5) is 0 Å². The minimum absolute atomic E-state index is 0.0186. The van der Waals surface area contributed by atoms with Crippen molar-refractivity contribution in [3.05, 3.63) is 22.3 Å². The van der Waals surface area contributed by atoms with Crippen molar-refractivity contribution in [3.63, 3.8) is 0 Å². The second-order valence-electron chi connectivity index (χ2n) is 3.84. The molecule has 0 bridgehead atoms. The number of ether oxygens (including phenoxy) is 2. The molecule has 0 rings (SSSR count). The molecule has 112 valence electrons. The third-order valence-corrected chi connectivity index (χ3v) is 2.66. The van der Waals surface area contributed by atoms with Crippen LogP contribution in [-0.4, -0.2) is 50.0 Å². The van der Waals surface area contributed by atoms with Crippen molar-refractivity contribution in [1.29, 1.82) is 5.41 Å². The molecule has 0 saturated heterocycles. The molecule has 20 heavy (non-hydrogen) atoms. The van der Waals surface area contributed by atoms with Crippen molar-refractivity contribution in [2.45, 2.75) is 13.2 Å². The first kappa shape index (κ1) is 18.3. The van der Waals surface area contributed by atoms with E-state index < -0.39 is 12.2 Å². The number of nitrogens with two attached hydrogens (primary N) is 1. The summed E-state index contributed by atoms with van der Waals surface area (Å²) in [5, 5.41) is 7.16. The van der Waals surface area contributed by atoms with Crippen molar-refractivity contribution in [3.8, 4) is 0 Å². The van der Waals surface area contributed by atoms with Gasteiger partial charge in [0, 0.05) is 24.7 Å². The summed E-state index contributed by atoms with van der Waals surface area (Å²) < 4.78 is 9.93. The molecule has 0 amide bonds. The number of hydrogen-bond acceptors (Lipinski definition) is 7. The third-order valence-electron chi connectivity index (χ3n) is 2.03. The number of carbonyl (C=O) groups excluding carboxylic acids is 2. The zero-order chi connectivity index (χ0) is 15.7. The summed E-state index contributed by atoms with van der Waals surface area (Å²) in [7, 11) is 2.93. The number of methoxy groups -OCH3 is 1. The van der Waals surface area contributed by atoms with E-state index in [4.69, 9.17) is 15.9 Å². The SMILES string of the molecule is COC(=O)C(=C/C=O)/C(Br)=C\N(C)CC(N)OC(C)=N. The van der Waals surface area contributed by atoms with Crippen molar-refractivity contribution in [2.75, 3.05) is 20.7 Å². The molecule has 0 spiro atoms. The third kappa shape index (κ3) is 7.05. The smallest absolute Gasteiger partial charge is 0.339 e. The minimum Gasteiger partial charge on any atom is -0.465 e. The molecular formula is C12H18BrN3O4. The van der Waals surface area contributed by atoms with Gasteiger partial charge in [0.05, 0.1) is 19.2 Å². The molecular weight excluding hydrogens is 330 g/mol. The number of hydrogen-bond donors (Lipinski definition) is 2. The van der Waals surface area contributed by atoms with Crippen LogP contribution in [0.5, 0.6) is 0 Å². The molecule has 0 aliphatic carbocycles. The number of aldehydes is 1. The Labute approximate surface area is 126 Å². The fraction of sp³-hybridized carbons (Fsp3) is 0.417. The number of allylic oxidation sites excluding steroid dienone is 1. The lowest BCUT2D eigenvalue weighted by Crippen LogP contribution is -2.36. The van der Waals surface area contributed by atoms with E-state index in [0.29, 0.717) is 17.3 Å². The molecule has 1 unspecified atom stereocenters. The molecule has 8 heteroatoms. The van der Waals surface area contributed by atoms with Gasteiger partial charge in [0.1, 0.15) is 6.29 Å². The Morgan fingerprint density at radius 2 is 2.15 bits per heavy atom. The highest BCUT2D eigenvalue weighted by atomic mass is 79.9. The number of carbonyl (C=O) groups is 2. The average molecular weight is 348 g/mol. The molecule has 0 aromatic carbocycles. The van der Waals surface area contributed by atoms with Crippen molar-refractivity contribution >= 4 is 34.1 Å². The Bertz CT molecular complexity index is 434. The van der Waals surface area contributed by atoms with E-state index >= 15 is 0 Å². The molecule has 0 aromatic rings. The molecule has 0 heterocycles. The second-order valence-corrected chi connectivity index (χ2v) is 4.69. The lowest BCUT2D eigenvalue weighted by Gasteiger charge is -2.20. The second kappa shape index (κ2) is 9.27. The first-order chi connectivity index (χ1) is 9.31. The molecule has 0 saturated carbocycles. The van der Waals surface area contributed by atoms with Gasteiger partial charge in [-0.15, -0.1) is 0 Å². The highest BCUT2D eigenvalue weighted by molar-refractivity contribution is 9.12. The van der Waals surface area contributed by atoms with Crippen LogP contribution >= 0.6 is 15.9 Å². The quantitative estimate of drug-likeness (QED) is 0.134. The van der Waals surface area contributed by atoms with E-state index in [1.54, 1.807) is 18.1 Å². The van der Waals surface area contributed by atoms with Crippen LogP contribution in [-0.2, 0) is 19.1 Å². The van der Waals surface area contributed by atoms with Crippen LogP contribution in [0, 0.1) is 5.41 Å². The van der Waals surface area contributed by atoms with Crippen LogP contribution in [0.1, 0.15) is 6.92 Å². The van der Waals surface area contributed by atoms with Gasteiger partial charge in [-0.2, -0.15) is 0 Å². The summed E-state index contributed by atoms with van der Waals surface area (Å²) in [5.74, 6) is -0.616. The molecule has 0 aromatic heterocycles. The lowest BCUT2D eigenvalue weighted by atomic mass is 10.2. The fourth-order valence-electron chi connectivity index (χ4n) is 1.29. The predicted molar refractivity (Wildman–Crippen MR) is 78.3 cm³/mol. The topological polar surface area (TPSA) is 106 Å². The minimum atomic E-state index is -0.675. The van der Waals surface area contributed by atoms with Gasteiger partial charge in [0.15, 0.2) is 12.1 Å². The Morgan fingerprint density at radius 3 is 2.60 bits per heavy atom. The van der Waals surface area contributed by atoms with E-state index in [9.17, 15) is 9.59 Å². The van der Waals surface area contributed by atoms with Gasteiger partial charge in [-0.1, -0.05) is 0 Å². The first-order valence-electron chi connectivity index (χ1n) is 5.60. The van der Waals surface area contributed by atoms with Gasteiger partial charge in [0.25, 0.3) is 0 Å². The lowest BCUT2D eigenvalue weighted by molar-refractivity contribution is -0.135. The molecule has 7 nitrogen and oxygen atoms in total. The van der Waals surface area contributed by atoms with Crippen molar-refractivity contribution < 1.29 is 19.1 Å². The zero-order valence-corrected chi connectivity index (χ0v) is 13.1. The maximum atomic E-state index is 11.5. The van der Waals surface area contributed by atoms with Gasteiger partial charge >= 0.3 is 5.97 Å². The average Bonchev–Trinajstić information content (AvgIpc) is 2.33. The van der Waals surface area contributed by atoms with E-state index in [1.807, 2.05) is 0 Å². The number of esters is 1. The maximum Gasteiger partial charge on any atom is 0.339 e. The summed E-state index contributed by atoms with van der Waals surface area (Å²) in [5.41, 5.74) is 5.75. The summed E-state index contributed by atoms with van der Waals surface area (Å²) >= 11 is 3.20. The highest BCUT2D eigenvalue weighted by Crippen LogP contribution is 2.18. The van der Waals surface area contributed by atoms with Gasteiger partial charge in [-0.05, 0) is 22.0 Å². The maximum absolute atomic E-state index is 11.5. The van der Waals surface area contributed by atoms with E-state index in [1.165, 1.54) is 14.0 Å². The number of likely N-dealkylation sites (N-methyl/N-ethyl adjacent to an activating group) is 1. The molecule has 0 aliphatic rings. The number of nitrogens with zero attached hydrogens (tertiary/aromatic N) is 1. The first-order valence-corrected chi connectivity index (χ1v) is 6.40. The summed E-state index contributed by atoms with van der Waals surface area (Å²) in [4.78, 5) is 23.6. The molecule has 0 radical (unpaired) electrons. The van der Waals surface area contributed by atoms with Crippen LogP contribution in [0.2, 0.25) is 0 Å². The monoisotopic (exact) mass is 347 g/mol. The van der Waals surface area contributed by atoms with Crippen LogP contribution in [0.3, 0.4) is 0 Å². The predicted octanol–water partition coefficient (Wildman–Crippen LogP) is 0.751. The number of rotatable bonds is 7. The van der Waals surface area contributed by atoms with E-state index in [0.717, 1.165) is 6.08 Å². The van der Waals surface area contributed by atoms with Crippen LogP contribution < -0.4 is 5.73 Å². The van der Waals surface area contributed by atoms with Gasteiger partial charge in [-0.25, -0.2) is 4.79 Å². The van der Waals surface area contributed by atoms with Crippen molar-refractivity contribution in [1.82, 2.24) is 4.90 Å². The largest absolute Gasteiger partial charge is 0.465 e. The van der Waals surface area contributed by atoms with E-state index in [-0.39, 0.29) is 11.5 Å². The summed E-state index contributed by atoms with van der Waals surface area (Å²) in [6, 6.07) is 0. The van der Waals surface area contributed by atoms with Crippen molar-refractivity contribution in [2.24, 2.45) is 5.73 Å². The molecule has 0 aliphatic heterocycles. The van der Waals surface area contributed by atoms with Gasteiger partial charge in [0.2, 0.25) is 0 Å². The molecule has 0 fully saturated rings. The Kier molecular flexibility index (Phi) is 8.49. The Balaban J connectivity index is 4.83.